The number of fused-ring (bicyclic) bond motifs is 9. The molecule has 5 nitrogen and oxygen atoms in total. The maximum absolute atomic E-state index is 9.29. The maximum Gasteiger partial charge on any atom is 0.192 e. The Morgan fingerprint density at radius 1 is 1.14 bits per heavy atom. The molecule has 2 heterocycles. The van der Waals surface area contributed by atoms with Gasteiger partial charge in [0.1, 0.15) is 5.60 Å². The van der Waals surface area contributed by atoms with Crippen molar-refractivity contribution in [3.63, 3.8) is 0 Å². The van der Waals surface area contributed by atoms with E-state index in [9.17, 15) is 5.11 Å². The Morgan fingerprint density at radius 3 is 2.71 bits per heavy atom. The highest BCUT2D eigenvalue weighted by atomic mass is 16.7. The zero-order valence-electron chi connectivity index (χ0n) is 21.9. The number of hydrogen-bond acceptors (Lipinski definition) is 4. The molecule has 5 heteroatoms. The lowest BCUT2D eigenvalue weighted by molar-refractivity contribution is -0.263. The number of hydrogen-bond donors (Lipinski definition) is 2. The van der Waals surface area contributed by atoms with Gasteiger partial charge in [0.25, 0.3) is 0 Å². The van der Waals surface area contributed by atoms with Crippen molar-refractivity contribution < 1.29 is 14.6 Å². The molecule has 0 amide bonds. The average Bonchev–Trinajstić information content (AvgIpc) is 3.34. The second kappa shape index (κ2) is 7.77. The molecular formula is C30H40N2O3. The van der Waals surface area contributed by atoms with E-state index in [1.54, 1.807) is 12.7 Å². The molecule has 0 bridgehead atoms. The van der Waals surface area contributed by atoms with Gasteiger partial charge in [-0.15, -0.1) is 0 Å². The SMILES string of the molecule is COC12CCC3(C)C(CCC4Cc5c([nH]c6ccccc56)[C@@]43C)C1=CC(=NCCCO)C(C)(C)O2. The first-order valence-corrected chi connectivity index (χ1v) is 13.4. The van der Waals surface area contributed by atoms with Crippen LogP contribution in [0.4, 0.5) is 0 Å². The van der Waals surface area contributed by atoms with Gasteiger partial charge in [-0.1, -0.05) is 32.0 Å². The van der Waals surface area contributed by atoms with Crippen LogP contribution in [0.5, 0.6) is 0 Å². The minimum atomic E-state index is -0.686. The van der Waals surface area contributed by atoms with E-state index in [0.29, 0.717) is 24.8 Å². The summed E-state index contributed by atoms with van der Waals surface area (Å²) in [5.74, 6) is 0.340. The lowest BCUT2D eigenvalue weighted by Gasteiger charge is -2.63. The molecule has 6 rings (SSSR count). The highest BCUT2D eigenvalue weighted by molar-refractivity contribution is 6.03. The number of ether oxygens (including phenoxy) is 2. The van der Waals surface area contributed by atoms with Gasteiger partial charge in [-0.2, -0.15) is 0 Å². The third-order valence-electron chi connectivity index (χ3n) is 10.4. The number of aliphatic imine (C=N–C) groups is 1. The molecule has 1 aromatic carbocycles. The van der Waals surface area contributed by atoms with Gasteiger partial charge in [0.05, 0.1) is 5.71 Å². The first-order chi connectivity index (χ1) is 16.7. The number of aromatic amines is 1. The zero-order chi connectivity index (χ0) is 24.6. The molecule has 0 radical (unpaired) electrons. The van der Waals surface area contributed by atoms with E-state index >= 15 is 0 Å². The van der Waals surface area contributed by atoms with Crippen LogP contribution in [-0.2, 0) is 21.3 Å². The summed E-state index contributed by atoms with van der Waals surface area (Å²) in [7, 11) is 1.80. The number of nitrogens with zero attached hydrogens (tertiary/aromatic N) is 1. The van der Waals surface area contributed by atoms with E-state index in [1.807, 2.05) is 0 Å². The molecule has 1 aromatic heterocycles. The van der Waals surface area contributed by atoms with Crippen molar-refractivity contribution >= 4 is 16.6 Å². The van der Waals surface area contributed by atoms with Gasteiger partial charge < -0.3 is 19.6 Å². The minimum absolute atomic E-state index is 0.0756. The fourth-order valence-corrected chi connectivity index (χ4v) is 8.34. The predicted molar refractivity (Wildman–Crippen MR) is 140 cm³/mol. The highest BCUT2D eigenvalue weighted by Gasteiger charge is 2.66. The molecule has 3 aliphatic carbocycles. The molecule has 0 saturated heterocycles. The monoisotopic (exact) mass is 476 g/mol. The van der Waals surface area contributed by atoms with Crippen molar-refractivity contribution in [1.29, 1.82) is 0 Å². The molecule has 0 spiro atoms. The number of para-hydroxylation sites is 1. The van der Waals surface area contributed by atoms with Crippen LogP contribution in [0.2, 0.25) is 0 Å². The smallest absolute Gasteiger partial charge is 0.192 e. The maximum atomic E-state index is 9.29. The van der Waals surface area contributed by atoms with Crippen LogP contribution in [-0.4, -0.2) is 47.5 Å². The van der Waals surface area contributed by atoms with Gasteiger partial charge in [0, 0.05) is 48.7 Å². The fraction of sp³-hybridized carbons (Fsp3) is 0.633. The lowest BCUT2D eigenvalue weighted by Crippen LogP contribution is -2.63. The van der Waals surface area contributed by atoms with E-state index in [4.69, 9.17) is 14.5 Å². The first-order valence-electron chi connectivity index (χ1n) is 13.4. The van der Waals surface area contributed by atoms with Crippen molar-refractivity contribution in [2.45, 2.75) is 83.0 Å². The topological polar surface area (TPSA) is 66.8 Å². The quantitative estimate of drug-likeness (QED) is 0.556. The Balaban J connectivity index is 1.48. The minimum Gasteiger partial charge on any atom is -0.396 e. The Hall–Kier alpha value is -1.95. The van der Waals surface area contributed by atoms with Gasteiger partial charge >= 0.3 is 0 Å². The van der Waals surface area contributed by atoms with Crippen molar-refractivity contribution in [1.82, 2.24) is 4.98 Å². The number of nitrogens with one attached hydrogen (secondary N) is 1. The van der Waals surface area contributed by atoms with Crippen molar-refractivity contribution in [2.24, 2.45) is 22.2 Å². The Kier molecular flexibility index (Phi) is 5.21. The van der Waals surface area contributed by atoms with Crippen LogP contribution in [0, 0.1) is 17.3 Å². The molecule has 35 heavy (non-hydrogen) atoms. The van der Waals surface area contributed by atoms with Gasteiger partial charge in [-0.3, -0.25) is 4.99 Å². The highest BCUT2D eigenvalue weighted by Crippen LogP contribution is 2.69. The fourth-order valence-electron chi connectivity index (χ4n) is 8.34. The Morgan fingerprint density at radius 2 is 1.94 bits per heavy atom. The van der Waals surface area contributed by atoms with Gasteiger partial charge in [0.15, 0.2) is 5.79 Å². The summed E-state index contributed by atoms with van der Waals surface area (Å²) in [5, 5.41) is 10.7. The van der Waals surface area contributed by atoms with Gasteiger partial charge in [-0.05, 0) is 86.5 Å². The average molecular weight is 477 g/mol. The van der Waals surface area contributed by atoms with Crippen LogP contribution >= 0.6 is 0 Å². The molecule has 2 N–H and O–H groups in total. The van der Waals surface area contributed by atoms with E-state index in [-0.39, 0.29) is 17.4 Å². The summed E-state index contributed by atoms with van der Waals surface area (Å²) in [6.45, 7) is 10.0. The van der Waals surface area contributed by atoms with E-state index in [0.717, 1.165) is 25.0 Å². The summed E-state index contributed by atoms with van der Waals surface area (Å²) in [6, 6.07) is 8.82. The summed E-state index contributed by atoms with van der Waals surface area (Å²) in [6.07, 6.45) is 8.45. The summed E-state index contributed by atoms with van der Waals surface area (Å²) in [4.78, 5) is 8.78. The summed E-state index contributed by atoms with van der Waals surface area (Å²) in [5.41, 5.74) is 6.17. The third kappa shape index (κ3) is 3.01. The molecular weight excluding hydrogens is 436 g/mol. The number of aliphatic hydroxyl groups excluding tert-OH is 1. The lowest BCUT2D eigenvalue weighted by atomic mass is 9.44. The van der Waals surface area contributed by atoms with Crippen molar-refractivity contribution in [2.75, 3.05) is 20.3 Å². The number of aliphatic hydroxyl groups is 1. The second-order valence-electron chi connectivity index (χ2n) is 12.2. The second-order valence-corrected chi connectivity index (χ2v) is 12.2. The van der Waals surface area contributed by atoms with Crippen LogP contribution in [0.15, 0.2) is 40.9 Å². The number of aromatic nitrogens is 1. The Labute approximate surface area is 209 Å². The van der Waals surface area contributed by atoms with Crippen LogP contribution in [0.25, 0.3) is 10.9 Å². The number of benzene rings is 1. The van der Waals surface area contributed by atoms with Crippen LogP contribution in [0.1, 0.15) is 71.1 Å². The zero-order valence-corrected chi connectivity index (χ0v) is 21.9. The standard InChI is InChI=1S/C30H40N2O3/c1-27(2)25(31-15-8-16-33)18-23-22-12-11-19-17-21-20-9-6-7-10-24(20)32-26(21)29(19,4)28(22,3)13-14-30(23,34-5)35-27/h6-7,9-10,18-19,22,32-33H,8,11-17H2,1-5H3/t19?,22?,28?,29-,30?/m1/s1. The molecule has 2 fully saturated rings. The predicted octanol–water partition coefficient (Wildman–Crippen LogP) is 5.71. The number of methoxy groups -OCH3 is 1. The van der Waals surface area contributed by atoms with Gasteiger partial charge in [-0.25, -0.2) is 0 Å². The van der Waals surface area contributed by atoms with Crippen LogP contribution in [0.3, 0.4) is 0 Å². The van der Waals surface area contributed by atoms with Crippen molar-refractivity contribution in [3.05, 3.63) is 47.2 Å². The molecule has 2 aromatic rings. The van der Waals surface area contributed by atoms with E-state index < -0.39 is 11.4 Å². The summed E-state index contributed by atoms with van der Waals surface area (Å²) >= 11 is 0. The largest absolute Gasteiger partial charge is 0.396 e. The van der Waals surface area contributed by atoms with Gasteiger partial charge in [0.2, 0.25) is 0 Å². The number of rotatable bonds is 4. The normalized spacial score (nSPS) is 38.6. The first kappa shape index (κ1) is 23.4. The molecule has 4 unspecified atom stereocenters. The third-order valence-corrected chi connectivity index (χ3v) is 10.4. The van der Waals surface area contributed by atoms with E-state index in [2.05, 4.69) is 63.0 Å². The van der Waals surface area contributed by atoms with E-state index in [1.165, 1.54) is 35.0 Å². The number of H-pyrrole nitrogens is 1. The van der Waals surface area contributed by atoms with Crippen molar-refractivity contribution in [3.8, 4) is 0 Å². The molecule has 4 aliphatic rings. The molecule has 5 atom stereocenters. The molecule has 2 saturated carbocycles. The summed E-state index contributed by atoms with van der Waals surface area (Å²) < 4.78 is 13.1. The Bertz CT molecular complexity index is 1230. The molecule has 188 valence electrons. The molecule has 1 aliphatic heterocycles. The van der Waals surface area contributed by atoms with Crippen LogP contribution < -0.4 is 0 Å².